The number of benzene rings is 4. The number of amides is 5. The maximum Gasteiger partial charge on any atom is 0.248 e. The Morgan fingerprint density at radius 2 is 0.980 bits per heavy atom. The van der Waals surface area contributed by atoms with Gasteiger partial charge in [-0.05, 0) is 193 Å². The molecule has 10 heterocycles. The molecule has 4 aliphatic heterocycles. The first-order valence-corrected chi connectivity index (χ1v) is 54.5. The molecule has 4 aliphatic carbocycles. The Bertz CT molecular complexity index is 6840. The summed E-state index contributed by atoms with van der Waals surface area (Å²) in [5.74, 6) is -12.9. The van der Waals surface area contributed by atoms with Gasteiger partial charge in [-0.3, -0.25) is 62.1 Å². The van der Waals surface area contributed by atoms with Gasteiger partial charge in [-0.1, -0.05) is 105 Å². The van der Waals surface area contributed by atoms with E-state index in [2.05, 4.69) is 79.8 Å². The summed E-state index contributed by atoms with van der Waals surface area (Å²) in [5.41, 5.74) is 7.49. The summed E-state index contributed by atoms with van der Waals surface area (Å²) >= 11 is 0. The van der Waals surface area contributed by atoms with Crippen molar-refractivity contribution in [2.75, 3.05) is 47.8 Å². The van der Waals surface area contributed by atoms with Gasteiger partial charge < -0.3 is 35.4 Å². The Kier molecular flexibility index (Phi) is 34.0. The number of pyridine rings is 3. The summed E-state index contributed by atoms with van der Waals surface area (Å²) in [6, 6.07) is 35.0. The number of ether oxygens (including phenoxy) is 2. The Balaban J connectivity index is 0.000000178. The number of para-hydroxylation sites is 2. The first-order valence-electron chi connectivity index (χ1n) is 49.4. The zero-order valence-corrected chi connectivity index (χ0v) is 87.2. The number of rotatable bonds is 17. The van der Waals surface area contributed by atoms with Crippen LogP contribution in [0.15, 0.2) is 128 Å². The topological polar surface area (TPSA) is 436 Å². The maximum absolute atomic E-state index is 15.5. The van der Waals surface area contributed by atoms with E-state index in [0.29, 0.717) is 97.9 Å². The van der Waals surface area contributed by atoms with Crippen LogP contribution in [-0.4, -0.2) is 268 Å². The van der Waals surface area contributed by atoms with E-state index < -0.39 is 195 Å². The molecule has 5 amide bonds. The second kappa shape index (κ2) is 44.5. The third-order valence-corrected chi connectivity index (χ3v) is 31.5. The van der Waals surface area contributed by atoms with E-state index in [9.17, 15) is 80.4 Å². The molecule has 4 aromatic carbocycles. The minimum atomic E-state index is -10.7. The molecule has 4 saturated carbocycles. The van der Waals surface area contributed by atoms with E-state index in [1.54, 1.807) is 40.2 Å². The Labute approximate surface area is 849 Å². The zero-order valence-electron chi connectivity index (χ0n) is 84.6. The van der Waals surface area contributed by atoms with Crippen LogP contribution in [0.5, 0.6) is 11.8 Å². The normalized spacial score (nSPS) is 23.7. The van der Waals surface area contributed by atoms with E-state index in [0.717, 1.165) is 55.8 Å². The van der Waals surface area contributed by atoms with Crippen molar-refractivity contribution >= 4 is 135 Å². The van der Waals surface area contributed by atoms with Crippen LogP contribution in [0.1, 0.15) is 208 Å². The predicted molar refractivity (Wildman–Crippen MR) is 534 cm³/mol. The third-order valence-electron chi connectivity index (χ3n) is 27.9. The number of amidine groups is 1. The number of nitrogens with one attached hydrogen (secondary N) is 3. The second-order valence-electron chi connectivity index (χ2n) is 40.5. The minimum Gasteiger partial charge on any atom is -0.472 e. The van der Waals surface area contributed by atoms with Crippen LogP contribution in [-0.2, 0) is 62.9 Å². The molecule has 6 N–H and O–H groups in total. The van der Waals surface area contributed by atoms with Crippen LogP contribution in [0.2, 0.25) is 0 Å². The fraction of sp³-hybridized carbons (Fsp3) is 0.540. The van der Waals surface area contributed by atoms with Crippen molar-refractivity contribution in [2.24, 2.45) is 42.5 Å². The van der Waals surface area contributed by atoms with Gasteiger partial charge in [0.2, 0.25) is 72.9 Å². The first kappa shape index (κ1) is 113. The summed E-state index contributed by atoms with van der Waals surface area (Å²) in [6.45, 7) is 15.9. The largest absolute Gasteiger partial charge is 0.472 e. The van der Waals surface area contributed by atoms with Crippen LogP contribution in [0.4, 0.5) is 42.7 Å². The van der Waals surface area contributed by atoms with Gasteiger partial charge in [-0.15, -0.1) is 5.10 Å². The number of hydrogen-bond acceptors (Lipinski definition) is 24. The fourth-order valence-electron chi connectivity index (χ4n) is 19.7. The van der Waals surface area contributed by atoms with Gasteiger partial charge in [-0.2, -0.15) is 10.2 Å². The predicted octanol–water partition coefficient (Wildman–Crippen LogP) is 15.1. The summed E-state index contributed by atoms with van der Waals surface area (Å²) in [7, 11) is -7.72. The number of ketones is 2. The number of aromatic nitrogens is 10. The fourth-order valence-corrected chi connectivity index (χ4v) is 22.5. The molecule has 35 nitrogen and oxygen atoms in total. The van der Waals surface area contributed by atoms with Crippen LogP contribution >= 0.6 is 7.81 Å². The number of fused-ring (bicyclic) bond motifs is 11. The molecule has 0 unspecified atom stereocenters. The monoisotopic (exact) mass is 2140 g/mol. The molecule has 8 aliphatic rings. The smallest absolute Gasteiger partial charge is 0.248 e. The van der Waals surface area contributed by atoms with Crippen molar-refractivity contribution in [3.63, 3.8) is 0 Å². The van der Waals surface area contributed by atoms with Gasteiger partial charge in [0, 0.05) is 117 Å². The zero-order chi connectivity index (χ0) is 108. The molecule has 0 radical (unpaired) electrons. The van der Waals surface area contributed by atoms with Gasteiger partial charge in [-0.25, -0.2) is 63.6 Å². The van der Waals surface area contributed by atoms with E-state index in [-0.39, 0.29) is 75.8 Å². The van der Waals surface area contributed by atoms with Gasteiger partial charge in [0.05, 0.1) is 91.8 Å². The van der Waals surface area contributed by atoms with Gasteiger partial charge in [0.1, 0.15) is 29.5 Å². The molecular formula is C100H128F10N19O16PS2. The number of aryl methyl sites for hydroxylation is 4. The van der Waals surface area contributed by atoms with Gasteiger partial charge in [0.15, 0.2) is 17.3 Å². The van der Waals surface area contributed by atoms with E-state index in [1.807, 2.05) is 147 Å². The van der Waals surface area contributed by atoms with Crippen LogP contribution < -0.4 is 34.8 Å². The summed E-state index contributed by atoms with van der Waals surface area (Å²) in [6.07, 6.45) is 0.984. The average molecular weight is 2140 g/mol. The van der Waals surface area contributed by atoms with Gasteiger partial charge in [0.25, 0.3) is 5.91 Å². The van der Waals surface area contributed by atoms with Crippen LogP contribution in [0, 0.1) is 36.5 Å². The maximum atomic E-state index is 15.5. The average Bonchev–Trinajstić information content (AvgIpc) is 1.56. The number of carboxylic acids is 1. The molecule has 18 rings (SSSR count). The summed E-state index contributed by atoms with van der Waals surface area (Å²) in [5, 5.41) is 30.9. The first-order chi connectivity index (χ1) is 69.2. The molecule has 6 aromatic heterocycles. The van der Waals surface area contributed by atoms with E-state index in [1.165, 1.54) is 30.1 Å². The number of nitrogens with zero attached hydrogens (tertiary/aromatic N) is 15. The molecule has 8 fully saturated rings. The quantitative estimate of drug-likeness (QED) is 0.0141. The molecule has 806 valence electrons. The van der Waals surface area contributed by atoms with Crippen molar-refractivity contribution in [1.29, 1.82) is 0 Å². The number of carbonyl (C=O) groups is 8. The number of hydrogen-bond donors (Lipinski definition) is 5. The van der Waals surface area contributed by atoms with E-state index >= 15 is 17.6 Å². The molecule has 10 atom stereocenters. The number of carbonyl (C=O) groups excluding carboxylic acids is 7. The van der Waals surface area contributed by atoms with Crippen molar-refractivity contribution in [2.45, 2.75) is 261 Å². The number of alkyl halides is 4. The molecule has 0 bridgehead atoms. The summed E-state index contributed by atoms with van der Waals surface area (Å²) in [4.78, 5) is 136. The Hall–Kier alpha value is -12.2. The number of nitrogens with two attached hydrogens (primary N) is 1. The number of halogens is 10. The second-order valence-corrected chi connectivity index (χ2v) is 46.3. The molecule has 4 saturated heterocycles. The Morgan fingerprint density at radius 1 is 0.568 bits per heavy atom. The van der Waals surface area contributed by atoms with Crippen LogP contribution in [0.25, 0.3) is 54.5 Å². The number of carboxylic acid groups (broad SMARTS) is 1. The van der Waals surface area contributed by atoms with Crippen molar-refractivity contribution in [3.05, 3.63) is 150 Å². The summed E-state index contributed by atoms with van der Waals surface area (Å²) < 4.78 is 194. The van der Waals surface area contributed by atoms with Crippen molar-refractivity contribution in [1.82, 2.24) is 84.0 Å². The van der Waals surface area contributed by atoms with E-state index in [4.69, 9.17) is 35.1 Å². The standard InChI is InChI=1S/C41H46F2N6O7S.C35H40F2N4O6S.C10H15N6O.C8H19N.C6H8N2O2.F6P/c1-24-18-33(46-48(24)2)36(51)44-32-14-4-3-9-17-41(42,43)21-25-20-40(25,39(53)47-57(54,55)27-15-16-27)22-35(50)34-19-26(23-49(34)38(32)52)56-37-30-12-6-5-10-28(30)29-11-7-8-13-31(29)45-37;36-35(37)15-7-1-2-11-27(38)32(43)41-20-22(47-31-26-10-4-3-8-24(26)25-9-5-6-12-28(25)39-31)16-29(41)30(42)19-34(17-21(34)18-35)33(44)40-48(45,46)23-13-14-23;1-14(2)10(15(3)4)17-16-9-8(12-13-16)6-5-7-11-9;1-6-9(7(2)3)8(4)5;1-4-3-5(6(9)10)7-8(4)2;1-7(2,3,4,5)6/h5-8,10-13,18,25-27,32,34H,3-4,9,14-17,19-23H2,1-2H3,(H,44,51)(H,47,53);3-6,8-10,12,21-23,27,29H,1-2,7,11,13-20,38H2,(H,40,44);5-7H,1-4H3;7-8H,6H2,1-5H3;3H,1-2H3,(H,9,10);/q;;+1;;;-1/t25-,26+,32-,34-,40+;21-,22+,27-,29-,34+;;;;/m00..../s1. The Morgan fingerprint density at radius 3 is 1.37 bits per heavy atom. The molecule has 48 heteroatoms. The number of aromatic carboxylic acids is 1. The van der Waals surface area contributed by atoms with Crippen molar-refractivity contribution < 1.29 is 122 Å². The van der Waals surface area contributed by atoms with Crippen molar-refractivity contribution in [3.8, 4) is 11.8 Å². The number of sulfonamides is 2. The number of Topliss-reactive ketones (excluding diaryl/α,β-unsaturated/α-hetero) is 2. The molecule has 10 aromatic rings. The third kappa shape index (κ3) is 28.9. The molecule has 148 heavy (non-hydrogen) atoms. The minimum absolute atomic E-state index is 0.00753. The molecule has 0 spiro atoms. The van der Waals surface area contributed by atoms with Crippen LogP contribution in [0.3, 0.4) is 0 Å². The molecular weight excluding hydrogens is 2010 g/mol. The SMILES string of the molecule is CCN(C(C)C)C(C)C.CN(C)C(On1nnc2cccnc21)=[N+](C)C.Cc1cc(C(=O)N[C@H]2CCCCCC(F)(F)C[C@@H]3C[C@@]3(C(=O)NS(=O)(=O)C3CC3)CC(=O)[C@@H]3C[C@@H](Oc4nc5ccccc5c5ccccc45)CN3C2=O)nn1C.Cc1cc(C(=O)O)nn1C.F[P-](F)(F)(F)(F)F.N[C@H]1CCCCCC(F)(F)C[C@@H]2C[C@@]2(C(=O)NS(=O)(=O)C2CC2)CC(=O)[C@@H]2C[C@@H](Oc3nc4ccccc4c4ccccc34)CN2C1=O. The van der Waals surface area contributed by atoms with Gasteiger partial charge >= 0.3 is 45.0 Å².